The van der Waals surface area contributed by atoms with Gasteiger partial charge in [0.2, 0.25) is 5.91 Å². The van der Waals surface area contributed by atoms with E-state index in [9.17, 15) is 4.79 Å². The van der Waals surface area contributed by atoms with Crippen LogP contribution < -0.4 is 11.5 Å². The van der Waals surface area contributed by atoms with Crippen molar-refractivity contribution in [1.29, 1.82) is 0 Å². The summed E-state index contributed by atoms with van der Waals surface area (Å²) in [7, 11) is 0. The number of rotatable bonds is 1. The molecule has 0 aliphatic carbocycles. The lowest BCUT2D eigenvalue weighted by Crippen LogP contribution is -2.09. The second kappa shape index (κ2) is 6.33. The zero-order chi connectivity index (χ0) is 12.7. The summed E-state index contributed by atoms with van der Waals surface area (Å²) in [6.45, 7) is 2.00. The van der Waals surface area contributed by atoms with Crippen molar-refractivity contribution in [3.8, 4) is 0 Å². The molecule has 17 heavy (non-hydrogen) atoms. The number of para-hydroxylation sites is 1. The second-order valence-corrected chi connectivity index (χ2v) is 3.59. The van der Waals surface area contributed by atoms with Gasteiger partial charge in [-0.05, 0) is 30.7 Å². The Morgan fingerprint density at radius 2 is 1.47 bits per heavy atom. The number of aryl methyl sites for hydroxylation is 1. The fraction of sp³-hybridized carbons (Fsp3) is 0.0714. The number of hydrogen-bond acceptors (Lipinski definition) is 2. The van der Waals surface area contributed by atoms with E-state index in [4.69, 9.17) is 11.5 Å². The number of carbonyl (C=O) groups is 1. The van der Waals surface area contributed by atoms with Crippen LogP contribution in [0.2, 0.25) is 0 Å². The average Bonchev–Trinajstić information content (AvgIpc) is 2.35. The van der Waals surface area contributed by atoms with E-state index >= 15 is 0 Å². The summed E-state index contributed by atoms with van der Waals surface area (Å²) >= 11 is 0. The van der Waals surface area contributed by atoms with Gasteiger partial charge in [0.25, 0.3) is 0 Å². The highest BCUT2D eigenvalue weighted by molar-refractivity contribution is 5.92. The van der Waals surface area contributed by atoms with Gasteiger partial charge >= 0.3 is 0 Å². The van der Waals surface area contributed by atoms with Crippen LogP contribution in [0.5, 0.6) is 0 Å². The molecule has 2 rings (SSSR count). The van der Waals surface area contributed by atoms with E-state index < -0.39 is 0 Å². The molecule has 0 bridgehead atoms. The van der Waals surface area contributed by atoms with E-state index in [-0.39, 0.29) is 5.91 Å². The number of benzene rings is 2. The maximum atomic E-state index is 10.4. The summed E-state index contributed by atoms with van der Waals surface area (Å²) in [6, 6.07) is 16.6. The minimum absolute atomic E-state index is 0.379. The first-order valence-electron chi connectivity index (χ1n) is 5.27. The van der Waals surface area contributed by atoms with Gasteiger partial charge in [0.15, 0.2) is 0 Å². The number of anilines is 1. The van der Waals surface area contributed by atoms with Gasteiger partial charge in [-0.25, -0.2) is 0 Å². The lowest BCUT2D eigenvalue weighted by Gasteiger charge is -1.93. The largest absolute Gasteiger partial charge is 0.399 e. The smallest absolute Gasteiger partial charge is 0.248 e. The van der Waals surface area contributed by atoms with Gasteiger partial charge in [-0.2, -0.15) is 0 Å². The van der Waals surface area contributed by atoms with Crippen molar-refractivity contribution in [3.63, 3.8) is 0 Å². The fourth-order valence-electron chi connectivity index (χ4n) is 1.19. The molecule has 3 nitrogen and oxygen atoms in total. The molecule has 0 spiro atoms. The van der Waals surface area contributed by atoms with Crippen molar-refractivity contribution >= 4 is 11.6 Å². The van der Waals surface area contributed by atoms with Crippen LogP contribution in [0.25, 0.3) is 0 Å². The van der Waals surface area contributed by atoms with Gasteiger partial charge in [-0.15, -0.1) is 0 Å². The summed E-state index contributed by atoms with van der Waals surface area (Å²) in [5.41, 5.74) is 13.1. The van der Waals surface area contributed by atoms with E-state index in [2.05, 4.69) is 0 Å². The Labute approximate surface area is 101 Å². The Bertz CT molecular complexity index is 460. The molecular formula is C14H16N2O. The molecule has 0 atom stereocenters. The van der Waals surface area contributed by atoms with Crippen LogP contribution in [0.1, 0.15) is 15.9 Å². The molecule has 0 fully saturated rings. The highest BCUT2D eigenvalue weighted by Gasteiger charge is 1.93. The summed E-state index contributed by atoms with van der Waals surface area (Å²) < 4.78 is 0. The fourth-order valence-corrected chi connectivity index (χ4v) is 1.19. The molecule has 0 saturated carbocycles. The van der Waals surface area contributed by atoms with Crippen molar-refractivity contribution in [2.24, 2.45) is 5.73 Å². The van der Waals surface area contributed by atoms with E-state index in [0.717, 1.165) is 11.3 Å². The third-order valence-electron chi connectivity index (χ3n) is 2.25. The summed E-state index contributed by atoms with van der Waals surface area (Å²) in [4.78, 5) is 10.4. The SMILES string of the molecule is Cc1ccccc1N.NC(=O)c1ccccc1. The summed E-state index contributed by atoms with van der Waals surface area (Å²) in [5.74, 6) is -0.379. The van der Waals surface area contributed by atoms with Crippen LogP contribution in [0.3, 0.4) is 0 Å². The third kappa shape index (κ3) is 4.38. The van der Waals surface area contributed by atoms with Crippen molar-refractivity contribution in [3.05, 3.63) is 65.7 Å². The molecule has 0 aliphatic rings. The highest BCUT2D eigenvalue weighted by atomic mass is 16.1. The van der Waals surface area contributed by atoms with E-state index in [0.29, 0.717) is 5.56 Å². The molecule has 1 amide bonds. The van der Waals surface area contributed by atoms with Crippen LogP contribution >= 0.6 is 0 Å². The van der Waals surface area contributed by atoms with Crippen molar-refractivity contribution in [2.45, 2.75) is 6.92 Å². The second-order valence-electron chi connectivity index (χ2n) is 3.59. The summed E-state index contributed by atoms with van der Waals surface area (Å²) in [6.07, 6.45) is 0. The standard InChI is InChI=1S/C7H7NO.C7H9N/c8-7(9)6-4-2-1-3-5-6;1-6-4-2-3-5-7(6)8/h1-5H,(H2,8,9);2-5H,8H2,1H3. The molecule has 4 N–H and O–H groups in total. The Morgan fingerprint density at radius 3 is 1.82 bits per heavy atom. The molecule has 0 radical (unpaired) electrons. The van der Waals surface area contributed by atoms with E-state index in [1.807, 2.05) is 37.3 Å². The first-order valence-corrected chi connectivity index (χ1v) is 5.27. The van der Waals surface area contributed by atoms with Crippen LogP contribution in [-0.2, 0) is 0 Å². The quantitative estimate of drug-likeness (QED) is 0.736. The van der Waals surface area contributed by atoms with E-state index in [1.54, 1.807) is 24.3 Å². The molecule has 3 heteroatoms. The van der Waals surface area contributed by atoms with Crippen LogP contribution in [0, 0.1) is 6.92 Å². The molecular weight excluding hydrogens is 212 g/mol. The lowest BCUT2D eigenvalue weighted by molar-refractivity contribution is 0.100. The zero-order valence-electron chi connectivity index (χ0n) is 9.76. The molecule has 2 aromatic rings. The lowest BCUT2D eigenvalue weighted by atomic mass is 10.2. The number of amides is 1. The Morgan fingerprint density at radius 1 is 0.941 bits per heavy atom. The molecule has 0 aliphatic heterocycles. The van der Waals surface area contributed by atoms with Gasteiger partial charge in [0.1, 0.15) is 0 Å². The Kier molecular flexibility index (Phi) is 4.76. The summed E-state index contributed by atoms with van der Waals surface area (Å²) in [5, 5.41) is 0. The number of nitrogen functional groups attached to an aromatic ring is 1. The zero-order valence-corrected chi connectivity index (χ0v) is 9.76. The van der Waals surface area contributed by atoms with E-state index in [1.165, 1.54) is 0 Å². The van der Waals surface area contributed by atoms with Crippen molar-refractivity contribution in [2.75, 3.05) is 5.73 Å². The maximum Gasteiger partial charge on any atom is 0.248 e. The van der Waals surface area contributed by atoms with Gasteiger partial charge in [-0.3, -0.25) is 4.79 Å². The van der Waals surface area contributed by atoms with Gasteiger partial charge in [0, 0.05) is 11.3 Å². The molecule has 0 unspecified atom stereocenters. The molecule has 0 heterocycles. The number of carbonyl (C=O) groups excluding carboxylic acids is 1. The van der Waals surface area contributed by atoms with Crippen molar-refractivity contribution < 1.29 is 4.79 Å². The number of hydrogen-bond donors (Lipinski definition) is 2. The first kappa shape index (κ1) is 12.8. The minimum Gasteiger partial charge on any atom is -0.399 e. The topological polar surface area (TPSA) is 69.1 Å². The van der Waals surface area contributed by atoms with Crippen LogP contribution in [0.15, 0.2) is 54.6 Å². The predicted octanol–water partition coefficient (Wildman–Crippen LogP) is 2.36. The van der Waals surface area contributed by atoms with Crippen LogP contribution in [-0.4, -0.2) is 5.91 Å². The van der Waals surface area contributed by atoms with Gasteiger partial charge in [0.05, 0.1) is 0 Å². The van der Waals surface area contributed by atoms with Crippen molar-refractivity contribution in [1.82, 2.24) is 0 Å². The Hall–Kier alpha value is -2.29. The number of nitrogens with two attached hydrogens (primary N) is 2. The molecule has 0 saturated heterocycles. The average molecular weight is 228 g/mol. The maximum absolute atomic E-state index is 10.4. The van der Waals surface area contributed by atoms with Gasteiger partial charge in [-0.1, -0.05) is 36.4 Å². The van der Waals surface area contributed by atoms with Gasteiger partial charge < -0.3 is 11.5 Å². The number of primary amides is 1. The normalized spacial score (nSPS) is 9.00. The monoisotopic (exact) mass is 228 g/mol. The molecule has 88 valence electrons. The predicted molar refractivity (Wildman–Crippen MR) is 70.6 cm³/mol. The Balaban J connectivity index is 0.000000171. The third-order valence-corrected chi connectivity index (χ3v) is 2.25. The first-order chi connectivity index (χ1) is 8.11. The molecule has 2 aromatic carbocycles. The minimum atomic E-state index is -0.379. The molecule has 0 aromatic heterocycles. The highest BCUT2D eigenvalue weighted by Crippen LogP contribution is 2.06. The van der Waals surface area contributed by atoms with Crippen LogP contribution in [0.4, 0.5) is 5.69 Å².